The van der Waals surface area contributed by atoms with Crippen LogP contribution in [-0.2, 0) is 0 Å². The van der Waals surface area contributed by atoms with Gasteiger partial charge in [0.2, 0.25) is 0 Å². The minimum absolute atomic E-state index is 0. The van der Waals surface area contributed by atoms with Gasteiger partial charge in [0.05, 0.1) is 0 Å². The van der Waals surface area contributed by atoms with Crippen molar-refractivity contribution in [2.75, 3.05) is 46.3 Å². The average molecular weight is 326 g/mol. The molecule has 1 atom stereocenters. The zero-order chi connectivity index (χ0) is 12.8. The normalized spacial score (nSPS) is 24.4. The molecule has 0 aliphatic carbocycles. The van der Waals surface area contributed by atoms with Crippen LogP contribution in [0.5, 0.6) is 0 Å². The van der Waals surface area contributed by atoms with Crippen LogP contribution in [0.3, 0.4) is 0 Å². The molecular formula is C15H33Cl2N3. The van der Waals surface area contributed by atoms with Crippen molar-refractivity contribution >= 4 is 24.8 Å². The molecule has 0 aromatic rings. The van der Waals surface area contributed by atoms with Gasteiger partial charge in [-0.15, -0.1) is 24.8 Å². The number of likely N-dealkylation sites (N-methyl/N-ethyl adjacent to an activating group) is 2. The minimum Gasteiger partial charge on any atom is -0.317 e. The van der Waals surface area contributed by atoms with Crippen molar-refractivity contribution in [2.45, 2.75) is 45.1 Å². The average Bonchev–Trinajstić information content (AvgIpc) is 2.85. The number of piperidine rings is 1. The lowest BCUT2D eigenvalue weighted by Gasteiger charge is -2.29. The van der Waals surface area contributed by atoms with Crippen molar-refractivity contribution in [3.05, 3.63) is 0 Å². The predicted molar refractivity (Wildman–Crippen MR) is 92.5 cm³/mol. The van der Waals surface area contributed by atoms with Crippen molar-refractivity contribution < 1.29 is 0 Å². The molecule has 2 saturated heterocycles. The molecule has 2 rings (SSSR count). The molecule has 1 N–H and O–H groups in total. The molecule has 1 unspecified atom stereocenters. The number of likely N-dealkylation sites (tertiary alicyclic amines) is 1. The van der Waals surface area contributed by atoms with E-state index >= 15 is 0 Å². The second-order valence-corrected chi connectivity index (χ2v) is 6.17. The smallest absolute Gasteiger partial charge is 0.0223 e. The molecule has 2 fully saturated rings. The van der Waals surface area contributed by atoms with E-state index in [1.807, 2.05) is 0 Å². The molecule has 0 aromatic heterocycles. The quantitative estimate of drug-likeness (QED) is 0.809. The summed E-state index contributed by atoms with van der Waals surface area (Å²) in [6, 6.07) is 0.827. The Morgan fingerprint density at radius 1 is 1.15 bits per heavy atom. The molecule has 122 valence electrons. The van der Waals surface area contributed by atoms with E-state index in [1.54, 1.807) is 0 Å². The number of halogens is 2. The van der Waals surface area contributed by atoms with Crippen molar-refractivity contribution in [3.8, 4) is 0 Å². The third-order valence-electron chi connectivity index (χ3n) is 4.81. The Balaban J connectivity index is 0.00000180. The van der Waals surface area contributed by atoms with Gasteiger partial charge in [0.15, 0.2) is 0 Å². The minimum atomic E-state index is 0. The van der Waals surface area contributed by atoms with Crippen molar-refractivity contribution in [1.29, 1.82) is 0 Å². The lowest BCUT2D eigenvalue weighted by molar-refractivity contribution is 0.188. The van der Waals surface area contributed by atoms with Crippen LogP contribution in [0.4, 0.5) is 0 Å². The van der Waals surface area contributed by atoms with Gasteiger partial charge in [0.1, 0.15) is 0 Å². The van der Waals surface area contributed by atoms with Crippen molar-refractivity contribution in [3.63, 3.8) is 0 Å². The topological polar surface area (TPSA) is 18.5 Å². The molecule has 0 radical (unpaired) electrons. The maximum atomic E-state index is 3.45. The van der Waals surface area contributed by atoms with Crippen LogP contribution >= 0.6 is 24.8 Å². The van der Waals surface area contributed by atoms with Crippen LogP contribution in [-0.4, -0.2) is 62.2 Å². The van der Waals surface area contributed by atoms with Gasteiger partial charge in [-0.2, -0.15) is 0 Å². The Hall–Kier alpha value is 0.460. The summed E-state index contributed by atoms with van der Waals surface area (Å²) < 4.78 is 0. The number of hydrogen-bond acceptors (Lipinski definition) is 3. The molecular weight excluding hydrogens is 293 g/mol. The Kier molecular flexibility index (Phi) is 11.3. The Bertz CT molecular complexity index is 235. The van der Waals surface area contributed by atoms with Crippen LogP contribution in [0.1, 0.15) is 39.0 Å². The van der Waals surface area contributed by atoms with E-state index in [0.29, 0.717) is 0 Å². The summed E-state index contributed by atoms with van der Waals surface area (Å²) in [5.74, 6) is 0.972. The van der Waals surface area contributed by atoms with Gasteiger partial charge in [0.25, 0.3) is 0 Å². The fourth-order valence-electron chi connectivity index (χ4n) is 3.54. The fraction of sp³-hybridized carbons (Fsp3) is 1.00. The number of nitrogens with zero attached hydrogens (tertiary/aromatic N) is 2. The number of nitrogens with one attached hydrogen (secondary N) is 1. The highest BCUT2D eigenvalue weighted by molar-refractivity contribution is 5.85. The highest BCUT2D eigenvalue weighted by Crippen LogP contribution is 2.19. The SMILES string of the molecule is CCN1CCCC1CN(C)CCC1CCNCC1.Cl.Cl. The molecule has 20 heavy (non-hydrogen) atoms. The highest BCUT2D eigenvalue weighted by Gasteiger charge is 2.24. The summed E-state index contributed by atoms with van der Waals surface area (Å²) in [5, 5.41) is 3.45. The lowest BCUT2D eigenvalue weighted by Crippen LogP contribution is -2.39. The standard InChI is InChI=1S/C15H31N3.2ClH/c1-3-18-11-4-5-15(18)13-17(2)12-8-14-6-9-16-10-7-14;;/h14-16H,3-13H2,1-2H3;2*1H. The summed E-state index contributed by atoms with van der Waals surface area (Å²) in [7, 11) is 2.31. The van der Waals surface area contributed by atoms with Gasteiger partial charge < -0.3 is 10.2 Å². The Morgan fingerprint density at radius 3 is 2.50 bits per heavy atom. The van der Waals surface area contributed by atoms with Gasteiger partial charge in [-0.1, -0.05) is 6.92 Å². The van der Waals surface area contributed by atoms with Crippen LogP contribution < -0.4 is 5.32 Å². The molecule has 0 spiro atoms. The van der Waals surface area contributed by atoms with E-state index in [0.717, 1.165) is 12.0 Å². The maximum Gasteiger partial charge on any atom is 0.0223 e. The van der Waals surface area contributed by atoms with E-state index in [4.69, 9.17) is 0 Å². The molecule has 2 aliphatic heterocycles. The first-order valence-corrected chi connectivity index (χ1v) is 7.93. The number of rotatable bonds is 6. The van der Waals surface area contributed by atoms with E-state index in [1.165, 1.54) is 71.4 Å². The first kappa shape index (κ1) is 20.5. The third kappa shape index (κ3) is 6.48. The molecule has 0 amide bonds. The summed E-state index contributed by atoms with van der Waals surface area (Å²) in [6.07, 6.45) is 6.99. The summed E-state index contributed by atoms with van der Waals surface area (Å²) in [4.78, 5) is 5.22. The molecule has 5 heteroatoms. The van der Waals surface area contributed by atoms with E-state index in [9.17, 15) is 0 Å². The maximum absolute atomic E-state index is 3.45. The zero-order valence-electron chi connectivity index (χ0n) is 13.1. The van der Waals surface area contributed by atoms with Gasteiger partial charge in [0, 0.05) is 12.6 Å². The summed E-state index contributed by atoms with van der Waals surface area (Å²) >= 11 is 0. The molecule has 0 bridgehead atoms. The second-order valence-electron chi connectivity index (χ2n) is 6.17. The van der Waals surface area contributed by atoms with Gasteiger partial charge in [-0.3, -0.25) is 4.90 Å². The summed E-state index contributed by atoms with van der Waals surface area (Å²) in [6.45, 7) is 9.89. The highest BCUT2D eigenvalue weighted by atomic mass is 35.5. The first-order valence-electron chi connectivity index (χ1n) is 7.93. The zero-order valence-corrected chi connectivity index (χ0v) is 14.8. The van der Waals surface area contributed by atoms with E-state index in [2.05, 4.69) is 29.1 Å². The van der Waals surface area contributed by atoms with Crippen molar-refractivity contribution in [1.82, 2.24) is 15.1 Å². The van der Waals surface area contributed by atoms with Crippen LogP contribution in [0.15, 0.2) is 0 Å². The Morgan fingerprint density at radius 2 is 1.85 bits per heavy atom. The molecule has 2 aliphatic rings. The molecule has 0 saturated carbocycles. The number of hydrogen-bond donors (Lipinski definition) is 1. The molecule has 2 heterocycles. The molecule has 3 nitrogen and oxygen atoms in total. The molecule has 0 aromatic carbocycles. The summed E-state index contributed by atoms with van der Waals surface area (Å²) in [5.41, 5.74) is 0. The van der Waals surface area contributed by atoms with E-state index in [-0.39, 0.29) is 24.8 Å². The monoisotopic (exact) mass is 325 g/mol. The van der Waals surface area contributed by atoms with Crippen LogP contribution in [0, 0.1) is 5.92 Å². The fourth-order valence-corrected chi connectivity index (χ4v) is 3.54. The predicted octanol–water partition coefficient (Wildman–Crippen LogP) is 2.64. The largest absolute Gasteiger partial charge is 0.317 e. The first-order chi connectivity index (χ1) is 8.79. The second kappa shape index (κ2) is 11.1. The van der Waals surface area contributed by atoms with Gasteiger partial charge in [-0.05, 0) is 77.8 Å². The Labute approximate surface area is 137 Å². The lowest BCUT2D eigenvalue weighted by atomic mass is 9.94. The van der Waals surface area contributed by atoms with Gasteiger partial charge >= 0.3 is 0 Å². The van der Waals surface area contributed by atoms with Gasteiger partial charge in [-0.25, -0.2) is 0 Å². The van der Waals surface area contributed by atoms with E-state index < -0.39 is 0 Å². The van der Waals surface area contributed by atoms with Crippen LogP contribution in [0.2, 0.25) is 0 Å². The van der Waals surface area contributed by atoms with Crippen molar-refractivity contribution in [2.24, 2.45) is 5.92 Å². The third-order valence-corrected chi connectivity index (χ3v) is 4.81. The van der Waals surface area contributed by atoms with Crippen LogP contribution in [0.25, 0.3) is 0 Å².